The Bertz CT molecular complexity index is 589. The van der Waals surface area contributed by atoms with Crippen LogP contribution in [0.15, 0.2) is 11.8 Å². The molecular weight excluding hydrogens is 294 g/mol. The second kappa shape index (κ2) is 5.60. The standard InChI is InChI=1S/C22H33NO/c1-14-12-22(3)16(13-23-4)6-8-19(22)18-7-5-15-11-17(24)9-10-21(15,2)20(14)18/h13-15,17-20,24H,5-12H2,1-3H3/b16-13-/t14-,15+,17+,18-,19-,20-,21-,22+/m0/s1. The van der Waals surface area contributed by atoms with Crippen LogP contribution in [0.1, 0.15) is 72.1 Å². The second-order valence-corrected chi connectivity index (χ2v) is 9.93. The number of fused-ring (bicyclic) bond motifs is 5. The monoisotopic (exact) mass is 327 g/mol. The van der Waals surface area contributed by atoms with Crippen LogP contribution in [-0.4, -0.2) is 11.2 Å². The van der Waals surface area contributed by atoms with Gasteiger partial charge in [0.2, 0.25) is 0 Å². The van der Waals surface area contributed by atoms with Crippen LogP contribution in [0.3, 0.4) is 0 Å². The summed E-state index contributed by atoms with van der Waals surface area (Å²) in [4.78, 5) is 3.63. The summed E-state index contributed by atoms with van der Waals surface area (Å²) in [5.41, 5.74) is 2.16. The molecule has 4 aliphatic carbocycles. The molecule has 8 atom stereocenters. The maximum absolute atomic E-state index is 10.2. The number of allylic oxidation sites excluding steroid dienone is 1. The molecule has 0 radical (unpaired) electrons. The SMILES string of the molecule is [C-]#[N+]/C=C1/CC[C@H]2[C@@H]3CC[C@@H]4C[C@H](O)CC[C@]4(C)[C@H]3[C@@H](C)C[C@]12C. The van der Waals surface area contributed by atoms with Gasteiger partial charge in [-0.1, -0.05) is 26.3 Å². The van der Waals surface area contributed by atoms with E-state index < -0.39 is 0 Å². The highest BCUT2D eigenvalue weighted by molar-refractivity contribution is 5.26. The Morgan fingerprint density at radius 2 is 2.00 bits per heavy atom. The number of aliphatic hydroxyl groups excluding tert-OH is 1. The van der Waals surface area contributed by atoms with Gasteiger partial charge in [-0.05, 0) is 91.8 Å². The fourth-order valence-electron chi connectivity index (χ4n) is 8.08. The van der Waals surface area contributed by atoms with Crippen LogP contribution < -0.4 is 0 Å². The normalized spacial score (nSPS) is 55.4. The van der Waals surface area contributed by atoms with Crippen LogP contribution in [0.5, 0.6) is 0 Å². The quantitative estimate of drug-likeness (QED) is 0.589. The van der Waals surface area contributed by atoms with Gasteiger partial charge in [-0.15, -0.1) is 0 Å². The van der Waals surface area contributed by atoms with E-state index in [0.717, 1.165) is 48.9 Å². The summed E-state index contributed by atoms with van der Waals surface area (Å²) in [5, 5.41) is 10.2. The van der Waals surface area contributed by atoms with Gasteiger partial charge in [-0.2, -0.15) is 0 Å². The van der Waals surface area contributed by atoms with Crippen molar-refractivity contribution in [3.63, 3.8) is 0 Å². The van der Waals surface area contributed by atoms with Crippen LogP contribution in [0, 0.1) is 47.0 Å². The lowest BCUT2D eigenvalue weighted by molar-refractivity contribution is -0.139. The molecule has 4 rings (SSSR count). The molecule has 4 fully saturated rings. The third-order valence-corrected chi connectivity index (χ3v) is 8.95. The zero-order chi connectivity index (χ0) is 17.1. The molecule has 0 aromatic carbocycles. The molecule has 2 heteroatoms. The van der Waals surface area contributed by atoms with Gasteiger partial charge in [0.15, 0.2) is 6.20 Å². The third-order valence-electron chi connectivity index (χ3n) is 8.95. The van der Waals surface area contributed by atoms with Gasteiger partial charge in [0, 0.05) is 0 Å². The number of hydrogen-bond acceptors (Lipinski definition) is 1. The Morgan fingerprint density at radius 3 is 2.75 bits per heavy atom. The minimum atomic E-state index is -0.0523. The lowest BCUT2D eigenvalue weighted by Crippen LogP contribution is -2.56. The fourth-order valence-corrected chi connectivity index (χ4v) is 8.08. The molecule has 0 saturated heterocycles. The molecule has 24 heavy (non-hydrogen) atoms. The van der Waals surface area contributed by atoms with Gasteiger partial charge in [0.1, 0.15) is 0 Å². The molecule has 0 aromatic heterocycles. The molecule has 0 bridgehead atoms. The second-order valence-electron chi connectivity index (χ2n) is 9.93. The predicted molar refractivity (Wildman–Crippen MR) is 97.0 cm³/mol. The molecule has 0 heterocycles. The molecule has 0 amide bonds. The first-order chi connectivity index (χ1) is 11.4. The fraction of sp³-hybridized carbons (Fsp3) is 0.864. The van der Waals surface area contributed by atoms with E-state index in [4.69, 9.17) is 6.57 Å². The smallest absolute Gasteiger partial charge is 0.154 e. The summed E-state index contributed by atoms with van der Waals surface area (Å²) in [6.45, 7) is 14.8. The van der Waals surface area contributed by atoms with Crippen LogP contribution in [0.4, 0.5) is 0 Å². The average Bonchev–Trinajstić information content (AvgIpc) is 2.84. The van der Waals surface area contributed by atoms with E-state index in [-0.39, 0.29) is 11.5 Å². The largest absolute Gasteiger partial charge is 0.393 e. The van der Waals surface area contributed by atoms with Crippen molar-refractivity contribution in [3.05, 3.63) is 23.2 Å². The van der Waals surface area contributed by atoms with Crippen molar-refractivity contribution < 1.29 is 5.11 Å². The Kier molecular flexibility index (Phi) is 3.88. The highest BCUT2D eigenvalue weighted by atomic mass is 16.3. The van der Waals surface area contributed by atoms with Crippen LogP contribution >= 0.6 is 0 Å². The average molecular weight is 328 g/mol. The number of rotatable bonds is 0. The van der Waals surface area contributed by atoms with Crippen molar-refractivity contribution in [2.24, 2.45) is 40.4 Å². The van der Waals surface area contributed by atoms with E-state index in [1.54, 1.807) is 0 Å². The predicted octanol–water partition coefficient (Wildman–Crippen LogP) is 5.44. The molecule has 0 spiro atoms. The van der Waals surface area contributed by atoms with Gasteiger partial charge < -0.3 is 5.11 Å². The summed E-state index contributed by atoms with van der Waals surface area (Å²) in [6.07, 6.45) is 11.5. The van der Waals surface area contributed by atoms with Crippen molar-refractivity contribution >= 4 is 0 Å². The number of hydrogen-bond donors (Lipinski definition) is 1. The third kappa shape index (κ3) is 2.16. The van der Waals surface area contributed by atoms with Crippen molar-refractivity contribution in [2.45, 2.75) is 78.2 Å². The van der Waals surface area contributed by atoms with Gasteiger partial charge >= 0.3 is 0 Å². The van der Waals surface area contributed by atoms with Crippen LogP contribution in [0.25, 0.3) is 4.85 Å². The molecule has 0 aliphatic heterocycles. The Hall–Kier alpha value is -0.810. The van der Waals surface area contributed by atoms with E-state index in [0.29, 0.717) is 5.41 Å². The van der Waals surface area contributed by atoms with Crippen molar-refractivity contribution in [2.75, 3.05) is 0 Å². The molecule has 132 valence electrons. The Labute approximate surface area is 147 Å². The molecule has 4 saturated carbocycles. The summed E-state index contributed by atoms with van der Waals surface area (Å²) >= 11 is 0. The van der Waals surface area contributed by atoms with Crippen molar-refractivity contribution in [1.82, 2.24) is 0 Å². The molecule has 1 N–H and O–H groups in total. The number of aliphatic hydroxyl groups is 1. The lowest BCUT2D eigenvalue weighted by Gasteiger charge is -2.62. The Morgan fingerprint density at radius 1 is 1.21 bits per heavy atom. The van der Waals surface area contributed by atoms with Crippen molar-refractivity contribution in [1.29, 1.82) is 0 Å². The first-order valence-corrected chi connectivity index (χ1v) is 10.1. The maximum atomic E-state index is 10.2. The summed E-state index contributed by atoms with van der Waals surface area (Å²) in [6, 6.07) is 0. The molecule has 2 nitrogen and oxygen atoms in total. The minimum Gasteiger partial charge on any atom is -0.393 e. The molecule has 0 unspecified atom stereocenters. The summed E-state index contributed by atoms with van der Waals surface area (Å²) < 4.78 is 0. The Balaban J connectivity index is 1.69. The zero-order valence-corrected chi connectivity index (χ0v) is 15.6. The maximum Gasteiger partial charge on any atom is 0.154 e. The van der Waals surface area contributed by atoms with E-state index in [1.165, 1.54) is 37.7 Å². The summed E-state index contributed by atoms with van der Waals surface area (Å²) in [7, 11) is 0. The van der Waals surface area contributed by atoms with E-state index in [1.807, 2.05) is 6.20 Å². The van der Waals surface area contributed by atoms with Gasteiger partial charge in [-0.25, -0.2) is 4.85 Å². The van der Waals surface area contributed by atoms with E-state index in [9.17, 15) is 5.11 Å². The highest BCUT2D eigenvalue weighted by Crippen LogP contribution is 2.68. The number of nitrogens with zero attached hydrogens (tertiary/aromatic N) is 1. The van der Waals surface area contributed by atoms with E-state index in [2.05, 4.69) is 25.6 Å². The van der Waals surface area contributed by atoms with Gasteiger partial charge in [0.25, 0.3) is 0 Å². The highest BCUT2D eigenvalue weighted by Gasteiger charge is 2.60. The summed E-state index contributed by atoms with van der Waals surface area (Å²) in [5.74, 6) is 3.93. The first-order valence-electron chi connectivity index (χ1n) is 10.1. The van der Waals surface area contributed by atoms with Gasteiger partial charge in [-0.3, -0.25) is 0 Å². The van der Waals surface area contributed by atoms with Crippen molar-refractivity contribution in [3.8, 4) is 0 Å². The molecule has 0 aromatic rings. The topological polar surface area (TPSA) is 24.6 Å². The zero-order valence-electron chi connectivity index (χ0n) is 15.6. The first kappa shape index (κ1) is 16.6. The van der Waals surface area contributed by atoms with E-state index >= 15 is 0 Å². The van der Waals surface area contributed by atoms with Gasteiger partial charge in [0.05, 0.1) is 12.7 Å². The molecule has 4 aliphatic rings. The minimum absolute atomic E-state index is 0.0523. The van der Waals surface area contributed by atoms with Crippen LogP contribution in [0.2, 0.25) is 0 Å². The van der Waals surface area contributed by atoms with Crippen LogP contribution in [-0.2, 0) is 0 Å². The lowest BCUT2D eigenvalue weighted by atomic mass is 9.42. The molecular formula is C22H33NO.